The summed E-state index contributed by atoms with van der Waals surface area (Å²) < 4.78 is 5.57. The number of hydrogen-bond acceptors (Lipinski definition) is 3. The molecule has 0 amide bonds. The predicted octanol–water partition coefficient (Wildman–Crippen LogP) is 3.51. The van der Waals surface area contributed by atoms with Gasteiger partial charge in [-0.2, -0.15) is 11.8 Å². The van der Waals surface area contributed by atoms with Crippen molar-refractivity contribution in [3.63, 3.8) is 0 Å². The lowest BCUT2D eigenvalue weighted by molar-refractivity contribution is 0.129. The second-order valence-electron chi connectivity index (χ2n) is 4.61. The Hall–Kier alpha value is -0.670. The minimum Gasteiger partial charge on any atom is -0.491 e. The minimum absolute atomic E-state index is 0.182. The fraction of sp³-hybridized carbons (Fsp3) is 0.571. The van der Waals surface area contributed by atoms with Gasteiger partial charge in [0.1, 0.15) is 5.75 Å². The molecule has 2 unspecified atom stereocenters. The zero-order valence-electron chi connectivity index (χ0n) is 11.0. The van der Waals surface area contributed by atoms with Crippen LogP contribution in [0.2, 0.25) is 0 Å². The zero-order valence-corrected chi connectivity index (χ0v) is 11.8. The molecule has 0 heterocycles. The fourth-order valence-electron chi connectivity index (χ4n) is 1.70. The number of benzene rings is 1. The normalized spacial score (nSPS) is 14.7. The molecule has 0 aliphatic carbocycles. The quantitative estimate of drug-likeness (QED) is 0.842. The Morgan fingerprint density at radius 3 is 2.24 bits per heavy atom. The number of ether oxygens (including phenoxy) is 1. The lowest BCUT2D eigenvalue weighted by Gasteiger charge is -2.18. The Morgan fingerprint density at radius 2 is 1.76 bits per heavy atom. The SMILES string of the molecule is CSCC(C)C(O)c1ccc(OC(C)C)cc1. The summed E-state index contributed by atoms with van der Waals surface area (Å²) >= 11 is 1.76. The summed E-state index contributed by atoms with van der Waals surface area (Å²) in [5, 5.41) is 10.1. The van der Waals surface area contributed by atoms with E-state index in [1.54, 1.807) is 11.8 Å². The van der Waals surface area contributed by atoms with Crippen molar-refractivity contribution < 1.29 is 9.84 Å². The van der Waals surface area contributed by atoms with Crippen LogP contribution in [0.25, 0.3) is 0 Å². The maximum absolute atomic E-state index is 10.1. The molecule has 0 radical (unpaired) electrons. The minimum atomic E-state index is -0.393. The molecule has 1 aromatic carbocycles. The molecule has 2 atom stereocenters. The van der Waals surface area contributed by atoms with E-state index in [0.29, 0.717) is 0 Å². The van der Waals surface area contributed by atoms with Crippen molar-refractivity contribution in [1.29, 1.82) is 0 Å². The zero-order chi connectivity index (χ0) is 12.8. The molecule has 0 bridgehead atoms. The Balaban J connectivity index is 2.66. The van der Waals surface area contributed by atoms with Gasteiger partial charge in [0.15, 0.2) is 0 Å². The van der Waals surface area contributed by atoms with Crippen LogP contribution in [0.5, 0.6) is 5.75 Å². The van der Waals surface area contributed by atoms with E-state index < -0.39 is 6.10 Å². The van der Waals surface area contributed by atoms with Gasteiger partial charge in [0.2, 0.25) is 0 Å². The molecule has 3 heteroatoms. The first-order valence-corrected chi connectivity index (χ1v) is 7.37. The number of aliphatic hydroxyl groups is 1. The van der Waals surface area contributed by atoms with Crippen LogP contribution in [-0.4, -0.2) is 23.2 Å². The van der Waals surface area contributed by atoms with Gasteiger partial charge in [-0.3, -0.25) is 0 Å². The summed E-state index contributed by atoms with van der Waals surface area (Å²) in [6.45, 7) is 6.08. The molecule has 1 aromatic rings. The first-order valence-electron chi connectivity index (χ1n) is 5.98. The van der Waals surface area contributed by atoms with Crippen molar-refractivity contribution in [2.24, 2.45) is 5.92 Å². The third-order valence-corrected chi connectivity index (χ3v) is 3.42. The second kappa shape index (κ2) is 6.92. The predicted molar refractivity (Wildman–Crippen MR) is 74.7 cm³/mol. The van der Waals surface area contributed by atoms with E-state index in [1.165, 1.54) is 0 Å². The smallest absolute Gasteiger partial charge is 0.119 e. The van der Waals surface area contributed by atoms with Gasteiger partial charge < -0.3 is 9.84 Å². The lowest BCUT2D eigenvalue weighted by Crippen LogP contribution is -2.11. The molecule has 0 aliphatic heterocycles. The number of hydrogen-bond donors (Lipinski definition) is 1. The van der Waals surface area contributed by atoms with Gasteiger partial charge in [0.25, 0.3) is 0 Å². The van der Waals surface area contributed by atoms with Gasteiger partial charge in [-0.25, -0.2) is 0 Å². The topological polar surface area (TPSA) is 29.5 Å². The lowest BCUT2D eigenvalue weighted by atomic mass is 9.99. The monoisotopic (exact) mass is 254 g/mol. The van der Waals surface area contributed by atoms with Crippen molar-refractivity contribution in [1.82, 2.24) is 0 Å². The van der Waals surface area contributed by atoms with Crippen LogP contribution >= 0.6 is 11.8 Å². The van der Waals surface area contributed by atoms with Crippen molar-refractivity contribution >= 4 is 11.8 Å². The highest BCUT2D eigenvalue weighted by Crippen LogP contribution is 2.26. The number of rotatable bonds is 6. The summed E-state index contributed by atoms with van der Waals surface area (Å²) in [5.41, 5.74) is 0.961. The summed E-state index contributed by atoms with van der Waals surface area (Å²) in [6, 6.07) is 7.73. The Labute approximate surface area is 108 Å². The van der Waals surface area contributed by atoms with E-state index in [9.17, 15) is 5.11 Å². The highest BCUT2D eigenvalue weighted by molar-refractivity contribution is 7.98. The van der Waals surface area contributed by atoms with Crippen LogP contribution in [0, 0.1) is 5.92 Å². The van der Waals surface area contributed by atoms with Crippen LogP contribution in [-0.2, 0) is 0 Å². The van der Waals surface area contributed by atoms with Crippen molar-refractivity contribution in [2.45, 2.75) is 33.0 Å². The van der Waals surface area contributed by atoms with E-state index >= 15 is 0 Å². The molecule has 0 saturated carbocycles. The molecule has 0 aromatic heterocycles. The van der Waals surface area contributed by atoms with Crippen molar-refractivity contribution in [3.05, 3.63) is 29.8 Å². The maximum Gasteiger partial charge on any atom is 0.119 e. The van der Waals surface area contributed by atoms with Gasteiger partial charge >= 0.3 is 0 Å². The first-order chi connectivity index (χ1) is 8.04. The molecular formula is C14H22O2S. The van der Waals surface area contributed by atoms with Gasteiger partial charge in [0.05, 0.1) is 12.2 Å². The van der Waals surface area contributed by atoms with E-state index in [2.05, 4.69) is 13.2 Å². The van der Waals surface area contributed by atoms with E-state index in [4.69, 9.17) is 4.74 Å². The molecule has 1 rings (SSSR count). The fourth-order valence-corrected chi connectivity index (χ4v) is 2.41. The summed E-state index contributed by atoms with van der Waals surface area (Å²) in [6.07, 6.45) is 1.85. The van der Waals surface area contributed by atoms with Crippen LogP contribution in [0.4, 0.5) is 0 Å². The van der Waals surface area contributed by atoms with Crippen LogP contribution in [0.3, 0.4) is 0 Å². The van der Waals surface area contributed by atoms with Gasteiger partial charge in [-0.15, -0.1) is 0 Å². The highest BCUT2D eigenvalue weighted by atomic mass is 32.2. The van der Waals surface area contributed by atoms with Gasteiger partial charge in [-0.1, -0.05) is 19.1 Å². The van der Waals surface area contributed by atoms with Gasteiger partial charge in [0, 0.05) is 0 Å². The Morgan fingerprint density at radius 1 is 1.18 bits per heavy atom. The highest BCUT2D eigenvalue weighted by Gasteiger charge is 2.15. The molecular weight excluding hydrogens is 232 g/mol. The molecule has 0 saturated heterocycles. The molecule has 0 aliphatic rings. The second-order valence-corrected chi connectivity index (χ2v) is 5.52. The van der Waals surface area contributed by atoms with E-state index in [0.717, 1.165) is 17.1 Å². The molecule has 0 spiro atoms. The van der Waals surface area contributed by atoms with Gasteiger partial charge in [-0.05, 0) is 49.5 Å². The van der Waals surface area contributed by atoms with Crippen LogP contribution < -0.4 is 4.74 Å². The Bertz CT molecular complexity index is 321. The summed E-state index contributed by atoms with van der Waals surface area (Å²) in [5.74, 6) is 2.08. The molecule has 2 nitrogen and oxygen atoms in total. The summed E-state index contributed by atoms with van der Waals surface area (Å²) in [7, 11) is 0. The Kier molecular flexibility index (Phi) is 5.86. The standard InChI is InChI=1S/C14H22O2S/c1-10(2)16-13-7-5-12(6-8-13)14(15)11(3)9-17-4/h5-8,10-11,14-15H,9H2,1-4H3. The van der Waals surface area contributed by atoms with E-state index in [1.807, 2.05) is 38.1 Å². The number of thioether (sulfide) groups is 1. The third-order valence-electron chi connectivity index (χ3n) is 2.56. The first kappa shape index (κ1) is 14.4. The average molecular weight is 254 g/mol. The average Bonchev–Trinajstić information content (AvgIpc) is 2.28. The van der Waals surface area contributed by atoms with E-state index in [-0.39, 0.29) is 12.0 Å². The molecule has 96 valence electrons. The van der Waals surface area contributed by atoms with Crippen molar-refractivity contribution in [2.75, 3.05) is 12.0 Å². The third kappa shape index (κ3) is 4.60. The summed E-state index contributed by atoms with van der Waals surface area (Å²) in [4.78, 5) is 0. The number of aliphatic hydroxyl groups excluding tert-OH is 1. The van der Waals surface area contributed by atoms with Crippen LogP contribution in [0.15, 0.2) is 24.3 Å². The maximum atomic E-state index is 10.1. The van der Waals surface area contributed by atoms with Crippen LogP contribution in [0.1, 0.15) is 32.4 Å². The van der Waals surface area contributed by atoms with Crippen molar-refractivity contribution in [3.8, 4) is 5.75 Å². The molecule has 17 heavy (non-hydrogen) atoms. The molecule has 1 N–H and O–H groups in total. The molecule has 0 fully saturated rings. The largest absolute Gasteiger partial charge is 0.491 e.